The molecular formula is C11H16ClN5O. The van der Waals surface area contributed by atoms with Crippen LogP contribution in [0.5, 0.6) is 0 Å². The van der Waals surface area contributed by atoms with Crippen molar-refractivity contribution in [1.29, 1.82) is 0 Å². The highest BCUT2D eigenvalue weighted by Crippen LogP contribution is 2.26. The van der Waals surface area contributed by atoms with Crippen LogP contribution >= 0.6 is 11.6 Å². The predicted octanol–water partition coefficient (Wildman–Crippen LogP) is 0.675. The van der Waals surface area contributed by atoms with Gasteiger partial charge in [0.15, 0.2) is 5.82 Å². The number of nitrogens with one attached hydrogen (secondary N) is 1. The summed E-state index contributed by atoms with van der Waals surface area (Å²) in [6.07, 6.45) is 3.31. The van der Waals surface area contributed by atoms with Gasteiger partial charge in [0, 0.05) is 20.1 Å². The molecule has 1 aliphatic rings. The average molecular weight is 270 g/mol. The van der Waals surface area contributed by atoms with E-state index in [4.69, 9.17) is 17.3 Å². The van der Waals surface area contributed by atoms with Crippen molar-refractivity contribution in [3.63, 3.8) is 0 Å². The standard InChI is InChI=1S/C11H16ClN5O/c1-14-10(18)7-3-2-4-17(6-7)9-8(13)5-15-11(12)16-9/h5,7H,2-4,6,13H2,1H3,(H,14,18). The summed E-state index contributed by atoms with van der Waals surface area (Å²) in [5, 5.41) is 2.84. The van der Waals surface area contributed by atoms with Gasteiger partial charge in [-0.05, 0) is 24.4 Å². The molecule has 7 heteroatoms. The first-order valence-electron chi connectivity index (χ1n) is 5.86. The molecule has 0 saturated carbocycles. The molecule has 2 rings (SSSR count). The third-order valence-corrected chi connectivity index (χ3v) is 3.29. The predicted molar refractivity (Wildman–Crippen MR) is 70.5 cm³/mol. The molecule has 0 radical (unpaired) electrons. The Bertz CT molecular complexity index is 453. The maximum Gasteiger partial charge on any atom is 0.224 e. The lowest BCUT2D eigenvalue weighted by Crippen LogP contribution is -2.42. The van der Waals surface area contributed by atoms with Crippen molar-refractivity contribution < 1.29 is 4.79 Å². The van der Waals surface area contributed by atoms with Gasteiger partial charge in [-0.3, -0.25) is 4.79 Å². The quantitative estimate of drug-likeness (QED) is 0.771. The van der Waals surface area contributed by atoms with E-state index in [1.807, 2.05) is 4.90 Å². The van der Waals surface area contributed by atoms with Crippen molar-refractivity contribution in [1.82, 2.24) is 15.3 Å². The highest BCUT2D eigenvalue weighted by molar-refractivity contribution is 6.28. The molecule has 98 valence electrons. The van der Waals surface area contributed by atoms with E-state index in [9.17, 15) is 4.79 Å². The summed E-state index contributed by atoms with van der Waals surface area (Å²) in [7, 11) is 1.65. The second-order valence-electron chi connectivity index (χ2n) is 4.32. The molecule has 1 atom stereocenters. The van der Waals surface area contributed by atoms with Crippen LogP contribution in [0.2, 0.25) is 5.28 Å². The van der Waals surface area contributed by atoms with E-state index >= 15 is 0 Å². The normalized spacial score (nSPS) is 19.7. The van der Waals surface area contributed by atoms with Gasteiger partial charge in [-0.15, -0.1) is 0 Å². The summed E-state index contributed by atoms with van der Waals surface area (Å²) in [5.41, 5.74) is 6.33. The van der Waals surface area contributed by atoms with Crippen molar-refractivity contribution in [3.8, 4) is 0 Å². The molecule has 0 spiro atoms. The number of nitrogens with two attached hydrogens (primary N) is 1. The Morgan fingerprint density at radius 2 is 2.44 bits per heavy atom. The monoisotopic (exact) mass is 269 g/mol. The smallest absolute Gasteiger partial charge is 0.224 e. The molecule has 2 heterocycles. The van der Waals surface area contributed by atoms with Crippen LogP contribution in [0, 0.1) is 5.92 Å². The van der Waals surface area contributed by atoms with Gasteiger partial charge >= 0.3 is 0 Å². The van der Waals surface area contributed by atoms with Gasteiger partial charge < -0.3 is 16.0 Å². The van der Waals surface area contributed by atoms with E-state index in [1.165, 1.54) is 6.20 Å². The number of nitrogens with zero attached hydrogens (tertiary/aromatic N) is 3. The lowest BCUT2D eigenvalue weighted by Gasteiger charge is -2.33. The first-order valence-corrected chi connectivity index (χ1v) is 6.24. The zero-order valence-electron chi connectivity index (χ0n) is 10.2. The number of carbonyl (C=O) groups excluding carboxylic acids is 1. The highest BCUT2D eigenvalue weighted by atomic mass is 35.5. The van der Waals surface area contributed by atoms with Gasteiger partial charge in [-0.1, -0.05) is 0 Å². The molecule has 18 heavy (non-hydrogen) atoms. The molecule has 0 aliphatic carbocycles. The molecular weight excluding hydrogens is 254 g/mol. The van der Waals surface area contributed by atoms with E-state index in [1.54, 1.807) is 7.05 Å². The second-order valence-corrected chi connectivity index (χ2v) is 4.66. The molecule has 1 saturated heterocycles. The number of rotatable bonds is 2. The minimum Gasteiger partial charge on any atom is -0.394 e. The van der Waals surface area contributed by atoms with Crippen LogP contribution < -0.4 is 16.0 Å². The molecule has 1 aliphatic heterocycles. The summed E-state index contributed by atoms with van der Waals surface area (Å²) < 4.78 is 0. The molecule has 1 unspecified atom stereocenters. The lowest BCUT2D eigenvalue weighted by molar-refractivity contribution is -0.124. The average Bonchev–Trinajstić information content (AvgIpc) is 2.40. The van der Waals surface area contributed by atoms with E-state index in [0.717, 1.165) is 19.4 Å². The van der Waals surface area contributed by atoms with Crippen LogP contribution in [0.15, 0.2) is 6.20 Å². The number of piperidine rings is 1. The maximum atomic E-state index is 11.7. The number of amides is 1. The Hall–Kier alpha value is -1.56. The van der Waals surface area contributed by atoms with Gasteiger partial charge in [0.05, 0.1) is 17.8 Å². The number of hydrogen-bond acceptors (Lipinski definition) is 5. The zero-order chi connectivity index (χ0) is 13.1. The molecule has 1 fully saturated rings. The zero-order valence-corrected chi connectivity index (χ0v) is 10.9. The van der Waals surface area contributed by atoms with Crippen LogP contribution in [0.4, 0.5) is 11.5 Å². The van der Waals surface area contributed by atoms with Crippen LogP contribution in [0.25, 0.3) is 0 Å². The summed E-state index contributed by atoms with van der Waals surface area (Å²) in [4.78, 5) is 21.6. The van der Waals surface area contributed by atoms with Gasteiger partial charge in [0.2, 0.25) is 11.2 Å². The van der Waals surface area contributed by atoms with E-state index < -0.39 is 0 Å². The Morgan fingerprint density at radius 1 is 1.67 bits per heavy atom. The number of hydrogen-bond donors (Lipinski definition) is 2. The van der Waals surface area contributed by atoms with Gasteiger partial charge in [-0.2, -0.15) is 4.98 Å². The van der Waals surface area contributed by atoms with Crippen molar-refractivity contribution in [2.75, 3.05) is 30.8 Å². The number of nitrogen functional groups attached to an aromatic ring is 1. The third kappa shape index (κ3) is 2.64. The molecule has 1 aromatic rings. The second kappa shape index (κ2) is 5.39. The topological polar surface area (TPSA) is 84.1 Å². The molecule has 0 bridgehead atoms. The Balaban J connectivity index is 2.18. The minimum absolute atomic E-state index is 0.0307. The maximum absolute atomic E-state index is 11.7. The Labute approximate surface area is 111 Å². The highest BCUT2D eigenvalue weighted by Gasteiger charge is 2.26. The Morgan fingerprint density at radius 3 is 3.17 bits per heavy atom. The fourth-order valence-corrected chi connectivity index (χ4v) is 2.33. The van der Waals surface area contributed by atoms with Crippen LogP contribution in [-0.2, 0) is 4.79 Å². The van der Waals surface area contributed by atoms with Crippen LogP contribution in [-0.4, -0.2) is 36.0 Å². The summed E-state index contributed by atoms with van der Waals surface area (Å²) in [5.74, 6) is 0.638. The van der Waals surface area contributed by atoms with Crippen molar-refractivity contribution in [2.45, 2.75) is 12.8 Å². The third-order valence-electron chi connectivity index (χ3n) is 3.10. The molecule has 3 N–H and O–H groups in total. The largest absolute Gasteiger partial charge is 0.394 e. The number of aromatic nitrogens is 2. The lowest BCUT2D eigenvalue weighted by atomic mass is 9.97. The first-order chi connectivity index (χ1) is 8.61. The summed E-state index contributed by atoms with van der Waals surface area (Å²) in [6.45, 7) is 1.43. The Kier molecular flexibility index (Phi) is 3.86. The van der Waals surface area contributed by atoms with E-state index in [0.29, 0.717) is 18.1 Å². The number of carbonyl (C=O) groups is 1. The SMILES string of the molecule is CNC(=O)C1CCCN(c2nc(Cl)ncc2N)C1. The van der Waals surface area contributed by atoms with Crippen LogP contribution in [0.1, 0.15) is 12.8 Å². The number of anilines is 2. The van der Waals surface area contributed by atoms with Crippen molar-refractivity contribution in [3.05, 3.63) is 11.5 Å². The summed E-state index contributed by atoms with van der Waals surface area (Å²) >= 11 is 5.78. The van der Waals surface area contributed by atoms with Crippen molar-refractivity contribution >= 4 is 29.0 Å². The summed E-state index contributed by atoms with van der Waals surface area (Å²) in [6, 6.07) is 0. The van der Waals surface area contributed by atoms with E-state index in [2.05, 4.69) is 15.3 Å². The van der Waals surface area contributed by atoms with Crippen LogP contribution in [0.3, 0.4) is 0 Å². The minimum atomic E-state index is -0.0307. The number of halogens is 1. The fraction of sp³-hybridized carbons (Fsp3) is 0.545. The van der Waals surface area contributed by atoms with E-state index in [-0.39, 0.29) is 17.1 Å². The molecule has 1 aromatic heterocycles. The van der Waals surface area contributed by atoms with Gasteiger partial charge in [0.1, 0.15) is 0 Å². The fourth-order valence-electron chi connectivity index (χ4n) is 2.20. The molecule has 6 nitrogen and oxygen atoms in total. The van der Waals surface area contributed by atoms with Gasteiger partial charge in [0.25, 0.3) is 0 Å². The molecule has 0 aromatic carbocycles. The van der Waals surface area contributed by atoms with Gasteiger partial charge in [-0.25, -0.2) is 4.98 Å². The first kappa shape index (κ1) is 12.9. The molecule has 1 amide bonds. The van der Waals surface area contributed by atoms with Crippen molar-refractivity contribution in [2.24, 2.45) is 5.92 Å².